The fraction of sp³-hybridized carbons (Fsp3) is 0.140. The number of fused-ring (bicyclic) bond motifs is 12. The molecule has 2 heterocycles. The minimum atomic E-state index is -0.470. The van der Waals surface area contributed by atoms with Crippen LogP contribution in [0.1, 0.15) is 48.7 Å². The summed E-state index contributed by atoms with van der Waals surface area (Å²) in [6.45, 7) is 4.77. The van der Waals surface area contributed by atoms with Gasteiger partial charge >= 0.3 is 0 Å². The molecule has 6 aromatic carbocycles. The Kier molecular flexibility index (Phi) is 6.94. The van der Waals surface area contributed by atoms with Crippen LogP contribution in [0.15, 0.2) is 163 Å². The Bertz CT molecular complexity index is 2890. The standard InChI is InChI=1S/C50H37N3S/c1-31-15-6-9-20-35(31)47-51-46(34-18-4-3-5-19-34)52-48(53-47)39-24-14-26-41-43(39)38-23-12-13-25-40(38)50(41)42-28-27-32-16-7-10-21-36(32)44(42)54-45-37-22-11-8-17-33(37)29-30-49(45,50)2/h3-29,31,35H,30H2,1-2H3. The molecule has 0 radical (unpaired) electrons. The molecular formula is C50H37N3S. The van der Waals surface area contributed by atoms with Crippen molar-refractivity contribution in [3.63, 3.8) is 0 Å². The van der Waals surface area contributed by atoms with Crippen molar-refractivity contribution in [2.45, 2.75) is 36.5 Å². The van der Waals surface area contributed by atoms with E-state index in [0.29, 0.717) is 5.82 Å². The molecule has 54 heavy (non-hydrogen) atoms. The Balaban J connectivity index is 1.25. The van der Waals surface area contributed by atoms with Crippen LogP contribution in [-0.4, -0.2) is 15.0 Å². The van der Waals surface area contributed by atoms with Crippen molar-refractivity contribution >= 4 is 33.5 Å². The predicted octanol–water partition coefficient (Wildman–Crippen LogP) is 10.6. The number of aromatic nitrogens is 3. The first-order valence-corrected chi connectivity index (χ1v) is 19.8. The third-order valence-corrected chi connectivity index (χ3v) is 14.0. The van der Waals surface area contributed by atoms with Crippen LogP contribution in [0, 0.1) is 11.3 Å². The largest absolute Gasteiger partial charge is 0.212 e. The molecule has 1 aliphatic heterocycles. The summed E-state index contributed by atoms with van der Waals surface area (Å²) in [5.74, 6) is 2.55. The predicted molar refractivity (Wildman–Crippen MR) is 222 cm³/mol. The van der Waals surface area contributed by atoms with Crippen molar-refractivity contribution in [2.75, 3.05) is 0 Å². The summed E-state index contributed by atoms with van der Waals surface area (Å²) in [5, 5.41) is 5.24. The van der Waals surface area contributed by atoms with E-state index in [9.17, 15) is 0 Å². The lowest BCUT2D eigenvalue weighted by Gasteiger charge is -2.54. The average molecular weight is 712 g/mol. The molecule has 4 unspecified atom stereocenters. The van der Waals surface area contributed by atoms with Crippen molar-refractivity contribution in [2.24, 2.45) is 11.3 Å². The molecule has 4 heteroatoms. The molecule has 0 bridgehead atoms. The fourth-order valence-corrected chi connectivity index (χ4v) is 11.5. The van der Waals surface area contributed by atoms with E-state index < -0.39 is 5.41 Å². The van der Waals surface area contributed by atoms with Crippen LogP contribution in [0.3, 0.4) is 0 Å². The normalized spacial score (nSPS) is 23.0. The van der Waals surface area contributed by atoms with Gasteiger partial charge in [0.05, 0.1) is 5.41 Å². The first-order valence-electron chi connectivity index (χ1n) is 19.0. The monoisotopic (exact) mass is 711 g/mol. The number of nitrogens with zero attached hydrogens (tertiary/aromatic N) is 3. The van der Waals surface area contributed by atoms with Gasteiger partial charge in [-0.25, -0.2) is 15.0 Å². The number of allylic oxidation sites excluding steroid dienone is 4. The van der Waals surface area contributed by atoms with Crippen molar-refractivity contribution in [3.05, 3.63) is 191 Å². The first-order chi connectivity index (χ1) is 26.6. The lowest BCUT2D eigenvalue weighted by atomic mass is 9.53. The highest BCUT2D eigenvalue weighted by Crippen LogP contribution is 2.71. The molecule has 7 aromatic rings. The summed E-state index contributed by atoms with van der Waals surface area (Å²) in [6.07, 6.45) is 12.1. The van der Waals surface area contributed by atoms with E-state index in [1.54, 1.807) is 0 Å². The summed E-state index contributed by atoms with van der Waals surface area (Å²) in [7, 11) is 0. The molecule has 3 aliphatic carbocycles. The van der Waals surface area contributed by atoms with Gasteiger partial charge in [-0.3, -0.25) is 0 Å². The van der Waals surface area contributed by atoms with Gasteiger partial charge in [0.25, 0.3) is 0 Å². The zero-order chi connectivity index (χ0) is 36.0. The molecule has 3 nitrogen and oxygen atoms in total. The Morgan fingerprint density at radius 1 is 0.630 bits per heavy atom. The number of hydrogen-bond donors (Lipinski definition) is 0. The highest BCUT2D eigenvalue weighted by Gasteiger charge is 2.61. The highest BCUT2D eigenvalue weighted by molar-refractivity contribution is 8.08. The van der Waals surface area contributed by atoms with Gasteiger partial charge in [-0.2, -0.15) is 0 Å². The summed E-state index contributed by atoms with van der Waals surface area (Å²) in [6, 6.07) is 49.0. The topological polar surface area (TPSA) is 38.7 Å². The smallest absolute Gasteiger partial charge is 0.164 e. The van der Waals surface area contributed by atoms with Crippen LogP contribution in [0.5, 0.6) is 0 Å². The second-order valence-electron chi connectivity index (χ2n) is 15.3. The van der Waals surface area contributed by atoms with Gasteiger partial charge in [-0.15, -0.1) is 0 Å². The van der Waals surface area contributed by atoms with Gasteiger partial charge in [-0.05, 0) is 61.4 Å². The van der Waals surface area contributed by atoms with E-state index in [-0.39, 0.29) is 17.3 Å². The molecule has 0 amide bonds. The first kappa shape index (κ1) is 31.7. The minimum absolute atomic E-state index is 0.0547. The van der Waals surface area contributed by atoms with E-state index in [2.05, 4.69) is 172 Å². The van der Waals surface area contributed by atoms with Crippen molar-refractivity contribution in [1.82, 2.24) is 15.0 Å². The van der Waals surface area contributed by atoms with E-state index in [0.717, 1.165) is 29.2 Å². The second-order valence-corrected chi connectivity index (χ2v) is 16.3. The minimum Gasteiger partial charge on any atom is -0.212 e. The molecule has 0 saturated heterocycles. The van der Waals surface area contributed by atoms with Crippen LogP contribution in [0.25, 0.3) is 55.7 Å². The lowest BCUT2D eigenvalue weighted by Crippen LogP contribution is -2.51. The zero-order valence-corrected chi connectivity index (χ0v) is 31.0. The van der Waals surface area contributed by atoms with Gasteiger partial charge in [0, 0.05) is 32.3 Å². The number of thioether (sulfide) groups is 1. The van der Waals surface area contributed by atoms with Gasteiger partial charge in [0.2, 0.25) is 0 Å². The molecule has 0 saturated carbocycles. The summed E-state index contributed by atoms with van der Waals surface area (Å²) in [5.41, 5.74) is 7.83. The maximum Gasteiger partial charge on any atom is 0.164 e. The van der Waals surface area contributed by atoms with E-state index >= 15 is 0 Å². The molecule has 1 aromatic heterocycles. The number of benzene rings is 6. The maximum atomic E-state index is 5.38. The van der Waals surface area contributed by atoms with Gasteiger partial charge < -0.3 is 0 Å². The molecule has 4 aliphatic rings. The third-order valence-electron chi connectivity index (χ3n) is 12.5. The van der Waals surface area contributed by atoms with Crippen molar-refractivity contribution in [3.8, 4) is 33.9 Å². The molecule has 4 atom stereocenters. The second kappa shape index (κ2) is 11.8. The summed E-state index contributed by atoms with van der Waals surface area (Å²) >= 11 is 1.99. The van der Waals surface area contributed by atoms with Crippen LogP contribution < -0.4 is 10.4 Å². The van der Waals surface area contributed by atoms with Crippen LogP contribution in [0.2, 0.25) is 0 Å². The Morgan fingerprint density at radius 3 is 2.28 bits per heavy atom. The van der Waals surface area contributed by atoms with Gasteiger partial charge in [-0.1, -0.05) is 189 Å². The SMILES string of the molecule is CC1C=CC=CC1c1nc(-c2ccccc2)nc(-c2cccc3c2-c2ccccc2C32c3ccc4ccccc4c3SC3=c4ccccc4=CCC32C)n1. The number of rotatable bonds is 3. The summed E-state index contributed by atoms with van der Waals surface area (Å²) in [4.78, 5) is 18.6. The Morgan fingerprint density at radius 2 is 1.37 bits per heavy atom. The zero-order valence-electron chi connectivity index (χ0n) is 30.2. The Labute approximate surface area is 319 Å². The van der Waals surface area contributed by atoms with Crippen LogP contribution in [-0.2, 0) is 5.41 Å². The molecule has 0 fully saturated rings. The van der Waals surface area contributed by atoms with Gasteiger partial charge in [0.1, 0.15) is 5.82 Å². The highest BCUT2D eigenvalue weighted by atomic mass is 32.2. The van der Waals surface area contributed by atoms with Crippen molar-refractivity contribution < 1.29 is 0 Å². The van der Waals surface area contributed by atoms with E-state index in [1.807, 2.05) is 17.8 Å². The third kappa shape index (κ3) is 4.29. The molecule has 1 spiro atoms. The van der Waals surface area contributed by atoms with Crippen LogP contribution in [0.4, 0.5) is 0 Å². The molecule has 0 N–H and O–H groups in total. The molecule has 258 valence electrons. The quantitative estimate of drug-likeness (QED) is 0.183. The summed E-state index contributed by atoms with van der Waals surface area (Å²) < 4.78 is 0. The van der Waals surface area contributed by atoms with E-state index in [4.69, 9.17) is 15.0 Å². The molecular weight excluding hydrogens is 675 g/mol. The molecule has 11 rings (SSSR count). The fourth-order valence-electron chi connectivity index (χ4n) is 9.94. The average Bonchev–Trinajstić information content (AvgIpc) is 3.53. The van der Waals surface area contributed by atoms with Gasteiger partial charge in [0.15, 0.2) is 11.6 Å². The van der Waals surface area contributed by atoms with Crippen molar-refractivity contribution in [1.29, 1.82) is 0 Å². The van der Waals surface area contributed by atoms with Crippen LogP contribution >= 0.6 is 11.8 Å². The lowest BCUT2D eigenvalue weighted by molar-refractivity contribution is 0.314. The van der Waals surface area contributed by atoms with E-state index in [1.165, 1.54) is 58.8 Å². The maximum absolute atomic E-state index is 5.38. The Hall–Kier alpha value is -5.84. The number of hydrogen-bond acceptors (Lipinski definition) is 4.